The zero-order valence-corrected chi connectivity index (χ0v) is 15.1. The molecule has 0 amide bonds. The average Bonchev–Trinajstić information content (AvgIpc) is 2.86. The summed E-state index contributed by atoms with van der Waals surface area (Å²) in [6.45, 7) is 7.02. The lowest BCUT2D eigenvalue weighted by Crippen LogP contribution is -2.65. The van der Waals surface area contributed by atoms with Crippen molar-refractivity contribution < 1.29 is 10.2 Å². The molecule has 0 bridgehead atoms. The topological polar surface area (TPSA) is 40.5 Å². The van der Waals surface area contributed by atoms with Crippen molar-refractivity contribution in [1.29, 1.82) is 0 Å². The predicted octanol–water partition coefficient (Wildman–Crippen LogP) is 4.45. The van der Waals surface area contributed by atoms with Crippen LogP contribution in [0.2, 0.25) is 0 Å². The predicted molar refractivity (Wildman–Crippen MR) is 93.0 cm³/mol. The highest BCUT2D eigenvalue weighted by Crippen LogP contribution is 2.68. The first-order valence-corrected chi connectivity index (χ1v) is 9.91. The summed E-state index contributed by atoms with van der Waals surface area (Å²) in [4.78, 5) is 0. The van der Waals surface area contributed by atoms with E-state index < -0.39 is 5.60 Å². The molecule has 4 fully saturated rings. The minimum Gasteiger partial charge on any atom is -0.393 e. The van der Waals surface area contributed by atoms with Crippen LogP contribution < -0.4 is 0 Å². The normalized spacial score (nSPS) is 57.7. The minimum atomic E-state index is -0.497. The van der Waals surface area contributed by atoms with Gasteiger partial charge in [-0.15, -0.1) is 0 Å². The van der Waals surface area contributed by atoms with Gasteiger partial charge in [0.15, 0.2) is 0 Å². The van der Waals surface area contributed by atoms with Crippen molar-refractivity contribution in [2.45, 2.75) is 90.3 Å². The van der Waals surface area contributed by atoms with Crippen LogP contribution in [0.25, 0.3) is 0 Å². The second kappa shape index (κ2) is 5.08. The first-order chi connectivity index (χ1) is 10.8. The number of rotatable bonds is 0. The largest absolute Gasteiger partial charge is 0.393 e. The Morgan fingerprint density at radius 2 is 1.78 bits per heavy atom. The van der Waals surface area contributed by atoms with E-state index in [1.807, 2.05) is 0 Å². The monoisotopic (exact) mass is 318 g/mol. The number of hydrogen-bond acceptors (Lipinski definition) is 2. The van der Waals surface area contributed by atoms with E-state index in [1.54, 1.807) is 5.57 Å². The van der Waals surface area contributed by atoms with Gasteiger partial charge < -0.3 is 10.2 Å². The fourth-order valence-corrected chi connectivity index (χ4v) is 7.50. The summed E-state index contributed by atoms with van der Waals surface area (Å²) in [5.41, 5.74) is 1.51. The van der Waals surface area contributed by atoms with Crippen molar-refractivity contribution in [3.63, 3.8) is 0 Å². The second-order valence-corrected chi connectivity index (χ2v) is 9.53. The Balaban J connectivity index is 1.70. The van der Waals surface area contributed by atoms with Crippen LogP contribution in [0.1, 0.15) is 78.6 Å². The summed E-state index contributed by atoms with van der Waals surface area (Å²) in [5.74, 6) is 1.65. The Bertz CT molecular complexity index is 526. The van der Waals surface area contributed by atoms with E-state index in [1.165, 1.54) is 25.7 Å². The molecular weight excluding hydrogens is 284 g/mol. The molecule has 0 spiro atoms. The quantitative estimate of drug-likeness (QED) is 0.648. The van der Waals surface area contributed by atoms with E-state index >= 15 is 0 Å². The van der Waals surface area contributed by atoms with Crippen molar-refractivity contribution in [1.82, 2.24) is 0 Å². The number of fused-ring (bicyclic) bond motifs is 5. The van der Waals surface area contributed by atoms with Crippen molar-refractivity contribution in [2.24, 2.45) is 28.6 Å². The summed E-state index contributed by atoms with van der Waals surface area (Å²) in [6, 6.07) is 0. The molecule has 0 aromatic carbocycles. The molecule has 130 valence electrons. The van der Waals surface area contributed by atoms with Gasteiger partial charge in [-0.1, -0.05) is 25.5 Å². The Hall–Kier alpha value is -0.340. The molecule has 2 unspecified atom stereocenters. The van der Waals surface area contributed by atoms with Gasteiger partial charge >= 0.3 is 0 Å². The van der Waals surface area contributed by atoms with Gasteiger partial charge in [-0.25, -0.2) is 0 Å². The molecule has 0 heterocycles. The minimum absolute atomic E-state index is 0.0230. The van der Waals surface area contributed by atoms with Gasteiger partial charge in [-0.3, -0.25) is 0 Å². The zero-order valence-electron chi connectivity index (χ0n) is 15.1. The lowest BCUT2D eigenvalue weighted by molar-refractivity contribution is -0.235. The third-order valence-corrected chi connectivity index (χ3v) is 9.02. The molecule has 4 aliphatic carbocycles. The van der Waals surface area contributed by atoms with Gasteiger partial charge in [0, 0.05) is 0 Å². The van der Waals surface area contributed by atoms with E-state index in [2.05, 4.69) is 26.8 Å². The van der Waals surface area contributed by atoms with Crippen LogP contribution in [-0.4, -0.2) is 21.9 Å². The Labute approximate surface area is 141 Å². The molecule has 0 aromatic heterocycles. The first-order valence-electron chi connectivity index (χ1n) is 9.91. The highest BCUT2D eigenvalue weighted by molar-refractivity contribution is 5.26. The van der Waals surface area contributed by atoms with Gasteiger partial charge in [0.1, 0.15) is 0 Å². The Morgan fingerprint density at radius 1 is 1.00 bits per heavy atom. The molecule has 4 aliphatic rings. The lowest BCUT2D eigenvalue weighted by atomic mass is 9.42. The first kappa shape index (κ1) is 16.1. The zero-order chi connectivity index (χ0) is 16.5. The highest BCUT2D eigenvalue weighted by atomic mass is 16.3. The van der Waals surface area contributed by atoms with Gasteiger partial charge in [-0.05, 0) is 93.3 Å². The number of aliphatic hydroxyl groups excluding tert-OH is 1. The third kappa shape index (κ3) is 1.94. The molecule has 23 heavy (non-hydrogen) atoms. The summed E-state index contributed by atoms with van der Waals surface area (Å²) < 4.78 is 0. The highest BCUT2D eigenvalue weighted by Gasteiger charge is 2.65. The molecule has 0 aromatic rings. The molecule has 2 heteroatoms. The van der Waals surface area contributed by atoms with Crippen LogP contribution in [0.3, 0.4) is 0 Å². The average molecular weight is 319 g/mol. The lowest BCUT2D eigenvalue weighted by Gasteiger charge is -2.65. The van der Waals surface area contributed by atoms with Crippen LogP contribution >= 0.6 is 0 Å². The van der Waals surface area contributed by atoms with Crippen molar-refractivity contribution in [3.8, 4) is 0 Å². The van der Waals surface area contributed by atoms with Gasteiger partial charge in [0.25, 0.3) is 0 Å². The maximum absolute atomic E-state index is 12.0. The van der Waals surface area contributed by atoms with Crippen LogP contribution in [-0.2, 0) is 0 Å². The Kier molecular flexibility index (Phi) is 3.57. The molecule has 4 saturated carbocycles. The number of hydrogen-bond donors (Lipinski definition) is 2. The summed E-state index contributed by atoms with van der Waals surface area (Å²) in [6.07, 6.45) is 12.0. The summed E-state index contributed by atoms with van der Waals surface area (Å²) in [5, 5.41) is 22.1. The van der Waals surface area contributed by atoms with E-state index in [0.29, 0.717) is 23.2 Å². The van der Waals surface area contributed by atoms with Crippen LogP contribution in [0.4, 0.5) is 0 Å². The number of allylic oxidation sites excluding steroid dienone is 2. The van der Waals surface area contributed by atoms with Crippen molar-refractivity contribution in [3.05, 3.63) is 11.6 Å². The maximum atomic E-state index is 12.0. The molecular formula is C21H34O2. The smallest absolute Gasteiger partial charge is 0.0735 e. The van der Waals surface area contributed by atoms with E-state index in [9.17, 15) is 10.2 Å². The molecule has 4 rings (SSSR count). The van der Waals surface area contributed by atoms with Crippen LogP contribution in [0, 0.1) is 28.6 Å². The third-order valence-electron chi connectivity index (χ3n) is 9.02. The van der Waals surface area contributed by atoms with Gasteiger partial charge in [-0.2, -0.15) is 0 Å². The van der Waals surface area contributed by atoms with Gasteiger partial charge in [0.05, 0.1) is 11.7 Å². The second-order valence-electron chi connectivity index (χ2n) is 9.53. The van der Waals surface area contributed by atoms with E-state index in [0.717, 1.165) is 32.1 Å². The summed E-state index contributed by atoms with van der Waals surface area (Å²) in [7, 11) is 0. The van der Waals surface area contributed by atoms with E-state index in [4.69, 9.17) is 0 Å². The van der Waals surface area contributed by atoms with Crippen molar-refractivity contribution >= 4 is 0 Å². The fraction of sp³-hybridized carbons (Fsp3) is 0.905. The standard InChI is InChI=1S/C21H34O2/c1-4-14-5-7-17-18-8-6-15-13-16(22)9-10-20(15,3)21(18,23)12-11-19(14,17)2/h4,15-18,22-23H,5-13H2,1-3H3/b14-4-/t15-,16-,17?,18?,19-,20+,21-/m1/s1. The summed E-state index contributed by atoms with van der Waals surface area (Å²) >= 11 is 0. The van der Waals surface area contributed by atoms with E-state index in [-0.39, 0.29) is 11.5 Å². The number of aliphatic hydroxyl groups is 2. The molecule has 2 N–H and O–H groups in total. The molecule has 0 aliphatic heterocycles. The molecule has 0 saturated heterocycles. The molecule has 7 atom stereocenters. The fourth-order valence-electron chi connectivity index (χ4n) is 7.50. The van der Waals surface area contributed by atoms with Crippen LogP contribution in [0.15, 0.2) is 11.6 Å². The van der Waals surface area contributed by atoms with Crippen LogP contribution in [0.5, 0.6) is 0 Å². The molecule has 2 nitrogen and oxygen atoms in total. The Morgan fingerprint density at radius 3 is 2.52 bits per heavy atom. The van der Waals surface area contributed by atoms with Gasteiger partial charge in [0.2, 0.25) is 0 Å². The molecule has 0 radical (unpaired) electrons. The van der Waals surface area contributed by atoms with Crippen molar-refractivity contribution in [2.75, 3.05) is 0 Å². The SMILES string of the molecule is C/C=C1/CCC2C3CC[C@@H]4C[C@H](O)CC[C@]4(C)[C@@]3(O)CC[C@]12C. The maximum Gasteiger partial charge on any atom is 0.0735 e.